The Balaban J connectivity index is 2.12. The van der Waals surface area contributed by atoms with E-state index in [1.165, 1.54) is 16.1 Å². The van der Waals surface area contributed by atoms with E-state index in [4.69, 9.17) is 0 Å². The van der Waals surface area contributed by atoms with E-state index < -0.39 is 0 Å². The van der Waals surface area contributed by atoms with Gasteiger partial charge in [0.2, 0.25) is 0 Å². The minimum Gasteiger partial charge on any atom is -0.294 e. The van der Waals surface area contributed by atoms with Crippen molar-refractivity contribution in [2.24, 2.45) is 0 Å². The molecule has 0 saturated carbocycles. The molecule has 0 amide bonds. The third-order valence-corrected chi connectivity index (χ3v) is 4.68. The van der Waals surface area contributed by atoms with E-state index in [-0.39, 0.29) is 0 Å². The van der Waals surface area contributed by atoms with Crippen LogP contribution in [0.15, 0.2) is 18.9 Å². The molecule has 0 saturated heterocycles. The average molecular weight is 304 g/mol. The summed E-state index contributed by atoms with van der Waals surface area (Å²) in [5, 5.41) is 5.65. The molecule has 0 fully saturated rings. The van der Waals surface area contributed by atoms with Crippen LogP contribution in [0.2, 0.25) is 0 Å². The molecule has 0 bridgehead atoms. The van der Waals surface area contributed by atoms with E-state index in [0.717, 1.165) is 23.8 Å². The van der Waals surface area contributed by atoms with Crippen LogP contribution < -0.4 is 0 Å². The van der Waals surface area contributed by atoms with Crippen LogP contribution in [-0.2, 0) is 13.1 Å². The first-order chi connectivity index (χ1) is 9.92. The molecule has 1 unspecified atom stereocenters. The van der Waals surface area contributed by atoms with Crippen LogP contribution in [0, 0.1) is 20.8 Å². The molecule has 4 nitrogen and oxygen atoms in total. The smallest absolute Gasteiger partial charge is 0.0900 e. The maximum absolute atomic E-state index is 4.67. The van der Waals surface area contributed by atoms with Crippen LogP contribution in [0.25, 0.3) is 0 Å². The Bertz CT molecular complexity index is 626. The predicted octanol–water partition coefficient (Wildman–Crippen LogP) is 3.64. The second-order valence-electron chi connectivity index (χ2n) is 5.52. The number of thiazole rings is 1. The Kier molecular flexibility index (Phi) is 4.96. The van der Waals surface area contributed by atoms with Crippen molar-refractivity contribution >= 4 is 11.3 Å². The number of nitrogens with zero attached hydrogens (tertiary/aromatic N) is 4. The van der Waals surface area contributed by atoms with Gasteiger partial charge in [0.25, 0.3) is 0 Å². The number of aryl methyl sites for hydroxylation is 3. The van der Waals surface area contributed by atoms with E-state index in [1.54, 1.807) is 11.3 Å². The minimum absolute atomic E-state index is 0.303. The third kappa shape index (κ3) is 3.60. The van der Waals surface area contributed by atoms with E-state index >= 15 is 0 Å². The van der Waals surface area contributed by atoms with E-state index in [1.807, 2.05) is 10.8 Å². The molecule has 2 heterocycles. The van der Waals surface area contributed by atoms with E-state index in [9.17, 15) is 0 Å². The lowest BCUT2D eigenvalue weighted by Crippen LogP contribution is -2.23. The first-order valence-electron chi connectivity index (χ1n) is 7.20. The van der Waals surface area contributed by atoms with Crippen molar-refractivity contribution in [1.29, 1.82) is 0 Å². The van der Waals surface area contributed by atoms with Crippen molar-refractivity contribution in [3.8, 4) is 0 Å². The van der Waals surface area contributed by atoms with Gasteiger partial charge < -0.3 is 0 Å². The minimum atomic E-state index is 0.303. The Hall–Kier alpha value is -1.46. The molecule has 0 N–H and O–H groups in total. The standard InChI is InChI=1S/C16H24N4S/c1-7-8-20-10-15(11(2)18-20)9-19(6)12(3)16-13(4)21-14(5)17-16/h7,10,12H,1,8-9H2,2-6H3. The topological polar surface area (TPSA) is 34.0 Å². The van der Waals surface area contributed by atoms with Gasteiger partial charge in [-0.25, -0.2) is 4.98 Å². The SMILES string of the molecule is C=CCn1cc(CN(C)C(C)c2nc(C)sc2C)c(C)n1. The average Bonchev–Trinajstić information content (AvgIpc) is 2.92. The Morgan fingerprint density at radius 1 is 1.43 bits per heavy atom. The fourth-order valence-corrected chi connectivity index (χ4v) is 3.39. The second kappa shape index (κ2) is 6.54. The van der Waals surface area contributed by atoms with Gasteiger partial charge in [-0.2, -0.15) is 5.10 Å². The molecule has 1 atom stereocenters. The molecule has 0 aromatic carbocycles. The summed E-state index contributed by atoms with van der Waals surface area (Å²) in [5.41, 5.74) is 3.54. The Morgan fingerprint density at radius 3 is 2.71 bits per heavy atom. The molecule has 0 aliphatic carbocycles. The normalized spacial score (nSPS) is 12.9. The third-order valence-electron chi connectivity index (χ3n) is 3.78. The monoisotopic (exact) mass is 304 g/mol. The fraction of sp³-hybridized carbons (Fsp3) is 0.500. The van der Waals surface area contributed by atoms with Gasteiger partial charge in [-0.1, -0.05) is 6.08 Å². The summed E-state index contributed by atoms with van der Waals surface area (Å²) in [6, 6.07) is 0.303. The highest BCUT2D eigenvalue weighted by atomic mass is 32.1. The number of allylic oxidation sites excluding steroid dienone is 1. The lowest BCUT2D eigenvalue weighted by atomic mass is 10.1. The summed E-state index contributed by atoms with van der Waals surface area (Å²) < 4.78 is 1.94. The molecule has 0 spiro atoms. The molecule has 5 heteroatoms. The van der Waals surface area contributed by atoms with Gasteiger partial charge in [0.15, 0.2) is 0 Å². The summed E-state index contributed by atoms with van der Waals surface area (Å²) in [6.45, 7) is 13.9. The van der Waals surface area contributed by atoms with Crippen LogP contribution in [0.1, 0.15) is 39.8 Å². The molecular formula is C16H24N4S. The quantitative estimate of drug-likeness (QED) is 0.764. The predicted molar refractivity (Wildman–Crippen MR) is 88.6 cm³/mol. The van der Waals surface area contributed by atoms with Crippen molar-refractivity contribution in [2.45, 2.75) is 46.8 Å². The number of rotatable bonds is 6. The maximum Gasteiger partial charge on any atom is 0.0900 e. The van der Waals surface area contributed by atoms with Gasteiger partial charge >= 0.3 is 0 Å². The summed E-state index contributed by atoms with van der Waals surface area (Å²) in [7, 11) is 2.14. The second-order valence-corrected chi connectivity index (χ2v) is 6.92. The Labute approximate surface area is 131 Å². The van der Waals surface area contributed by atoms with Crippen LogP contribution in [0.3, 0.4) is 0 Å². The first kappa shape index (κ1) is 15.9. The van der Waals surface area contributed by atoms with Gasteiger partial charge in [0, 0.05) is 23.2 Å². The van der Waals surface area contributed by atoms with Crippen molar-refractivity contribution in [3.63, 3.8) is 0 Å². The van der Waals surface area contributed by atoms with Gasteiger partial charge in [-0.05, 0) is 34.7 Å². The van der Waals surface area contributed by atoms with Gasteiger partial charge in [0.05, 0.1) is 29.0 Å². The highest BCUT2D eigenvalue weighted by Crippen LogP contribution is 2.27. The molecule has 21 heavy (non-hydrogen) atoms. The summed E-state index contributed by atoms with van der Waals surface area (Å²) in [5.74, 6) is 0. The van der Waals surface area contributed by atoms with Crippen LogP contribution in [0.4, 0.5) is 0 Å². The number of hydrogen-bond acceptors (Lipinski definition) is 4. The number of aromatic nitrogens is 3. The first-order valence-corrected chi connectivity index (χ1v) is 8.02. The lowest BCUT2D eigenvalue weighted by Gasteiger charge is -2.23. The summed E-state index contributed by atoms with van der Waals surface area (Å²) in [6.07, 6.45) is 3.98. The van der Waals surface area contributed by atoms with Crippen molar-refractivity contribution in [2.75, 3.05) is 7.05 Å². The molecular weight excluding hydrogens is 280 g/mol. The zero-order chi connectivity index (χ0) is 15.6. The van der Waals surface area contributed by atoms with Crippen LogP contribution >= 0.6 is 11.3 Å². The zero-order valence-corrected chi connectivity index (χ0v) is 14.4. The lowest BCUT2D eigenvalue weighted by molar-refractivity contribution is 0.248. The van der Waals surface area contributed by atoms with Gasteiger partial charge in [-0.15, -0.1) is 17.9 Å². The van der Waals surface area contributed by atoms with Crippen LogP contribution in [0.5, 0.6) is 0 Å². The van der Waals surface area contributed by atoms with Gasteiger partial charge in [0.1, 0.15) is 0 Å². The summed E-state index contributed by atoms with van der Waals surface area (Å²) >= 11 is 1.77. The molecule has 2 aromatic heterocycles. The fourth-order valence-electron chi connectivity index (χ4n) is 2.49. The van der Waals surface area contributed by atoms with Crippen molar-refractivity contribution in [3.05, 3.63) is 45.7 Å². The van der Waals surface area contributed by atoms with Gasteiger partial charge in [-0.3, -0.25) is 9.58 Å². The Morgan fingerprint density at radius 2 is 2.14 bits per heavy atom. The molecule has 2 aromatic rings. The molecule has 0 aliphatic heterocycles. The molecule has 2 rings (SSSR count). The van der Waals surface area contributed by atoms with Crippen LogP contribution in [-0.4, -0.2) is 26.7 Å². The maximum atomic E-state index is 4.67. The summed E-state index contributed by atoms with van der Waals surface area (Å²) in [4.78, 5) is 8.31. The van der Waals surface area contributed by atoms with E-state index in [0.29, 0.717) is 6.04 Å². The van der Waals surface area contributed by atoms with E-state index in [2.05, 4.69) is 62.5 Å². The number of hydrogen-bond donors (Lipinski definition) is 0. The molecule has 0 aliphatic rings. The largest absolute Gasteiger partial charge is 0.294 e. The van der Waals surface area contributed by atoms with Crippen molar-refractivity contribution in [1.82, 2.24) is 19.7 Å². The highest BCUT2D eigenvalue weighted by molar-refractivity contribution is 7.11. The van der Waals surface area contributed by atoms with Crippen molar-refractivity contribution < 1.29 is 0 Å². The highest BCUT2D eigenvalue weighted by Gasteiger charge is 2.19. The molecule has 0 radical (unpaired) electrons. The zero-order valence-electron chi connectivity index (χ0n) is 13.6. The molecule has 114 valence electrons.